The average molecular weight is 544 g/mol. The third-order valence-corrected chi connectivity index (χ3v) is 7.22. The highest BCUT2D eigenvalue weighted by atomic mass is 35.5. The number of carbonyl (C=O) groups is 2. The number of benzene rings is 3. The van der Waals surface area contributed by atoms with E-state index in [0.717, 1.165) is 16.7 Å². The molecule has 0 aliphatic heterocycles. The van der Waals surface area contributed by atoms with E-state index in [4.69, 9.17) is 23.2 Å². The molecule has 0 saturated carbocycles. The second kappa shape index (κ2) is 14.3. The Morgan fingerprint density at radius 1 is 0.917 bits per heavy atom. The fourth-order valence-corrected chi connectivity index (χ4v) is 5.06. The van der Waals surface area contributed by atoms with Crippen molar-refractivity contribution in [2.45, 2.75) is 38.6 Å². The van der Waals surface area contributed by atoms with Gasteiger partial charge >= 0.3 is 0 Å². The molecule has 0 heterocycles. The largest absolute Gasteiger partial charge is 0.354 e. The molecular formula is C29H32Cl2N2O2S. The van der Waals surface area contributed by atoms with Gasteiger partial charge in [0.15, 0.2) is 0 Å². The molecule has 0 aliphatic rings. The van der Waals surface area contributed by atoms with Crippen LogP contribution in [-0.2, 0) is 28.3 Å². The topological polar surface area (TPSA) is 49.4 Å². The van der Waals surface area contributed by atoms with E-state index in [1.165, 1.54) is 11.8 Å². The molecule has 3 rings (SSSR count). The number of thioether (sulfide) groups is 1. The van der Waals surface area contributed by atoms with Gasteiger partial charge in [0.2, 0.25) is 11.8 Å². The second-order valence-corrected chi connectivity index (χ2v) is 10.9. The van der Waals surface area contributed by atoms with E-state index >= 15 is 0 Å². The molecule has 3 aromatic carbocycles. The second-order valence-electron chi connectivity index (χ2n) is 9.08. The Balaban J connectivity index is 1.87. The predicted octanol–water partition coefficient (Wildman–Crippen LogP) is 6.64. The lowest BCUT2D eigenvalue weighted by molar-refractivity contribution is -0.139. The maximum absolute atomic E-state index is 13.6. The van der Waals surface area contributed by atoms with Crippen LogP contribution in [0.4, 0.5) is 0 Å². The molecule has 3 aromatic rings. The summed E-state index contributed by atoms with van der Waals surface area (Å²) in [7, 11) is 0. The van der Waals surface area contributed by atoms with E-state index in [1.54, 1.807) is 17.0 Å². The van der Waals surface area contributed by atoms with E-state index in [-0.39, 0.29) is 24.1 Å². The van der Waals surface area contributed by atoms with Crippen LogP contribution in [-0.4, -0.2) is 35.1 Å². The molecule has 1 unspecified atom stereocenters. The van der Waals surface area contributed by atoms with Crippen molar-refractivity contribution in [2.24, 2.45) is 5.92 Å². The van der Waals surface area contributed by atoms with Crippen LogP contribution in [0.15, 0.2) is 78.9 Å². The van der Waals surface area contributed by atoms with E-state index in [9.17, 15) is 9.59 Å². The van der Waals surface area contributed by atoms with Crippen LogP contribution < -0.4 is 5.32 Å². The van der Waals surface area contributed by atoms with Crippen molar-refractivity contribution < 1.29 is 9.59 Å². The highest BCUT2D eigenvalue weighted by Gasteiger charge is 2.30. The number of carbonyl (C=O) groups excluding carboxylic acids is 2. The van der Waals surface area contributed by atoms with Gasteiger partial charge in [-0.25, -0.2) is 0 Å². The van der Waals surface area contributed by atoms with Gasteiger partial charge in [0.25, 0.3) is 0 Å². The Morgan fingerprint density at radius 2 is 1.56 bits per heavy atom. The molecule has 0 spiro atoms. The van der Waals surface area contributed by atoms with E-state index in [2.05, 4.69) is 5.32 Å². The van der Waals surface area contributed by atoms with Crippen molar-refractivity contribution in [3.8, 4) is 0 Å². The molecule has 190 valence electrons. The van der Waals surface area contributed by atoms with Crippen molar-refractivity contribution >= 4 is 46.8 Å². The Bertz CT molecular complexity index is 1130. The van der Waals surface area contributed by atoms with Gasteiger partial charge in [0.05, 0.1) is 5.75 Å². The Labute approximate surface area is 228 Å². The van der Waals surface area contributed by atoms with Crippen LogP contribution in [0, 0.1) is 5.92 Å². The predicted molar refractivity (Wildman–Crippen MR) is 151 cm³/mol. The smallest absolute Gasteiger partial charge is 0.243 e. The Kier molecular flexibility index (Phi) is 11.2. The molecule has 0 saturated heterocycles. The summed E-state index contributed by atoms with van der Waals surface area (Å²) in [6.45, 7) is 4.84. The van der Waals surface area contributed by atoms with Gasteiger partial charge in [-0.1, -0.05) is 104 Å². The highest BCUT2D eigenvalue weighted by Crippen LogP contribution is 2.25. The van der Waals surface area contributed by atoms with E-state index in [0.29, 0.717) is 34.7 Å². The SMILES string of the molecule is CC(C)CNC(=O)C(Cc1ccccc1)N(Cc1ccc(Cl)cc1Cl)C(=O)CSCc1ccccc1. The minimum atomic E-state index is -0.678. The molecule has 4 nitrogen and oxygen atoms in total. The standard InChI is InChI=1S/C29H32Cl2N2O2S/c1-21(2)17-32-29(35)27(15-22-9-5-3-6-10-22)33(18-24-13-14-25(30)16-26(24)31)28(34)20-36-19-23-11-7-4-8-12-23/h3-14,16,21,27H,15,17-20H2,1-2H3,(H,32,35). The van der Waals surface area contributed by atoms with Crippen LogP contribution in [0.25, 0.3) is 0 Å². The summed E-state index contributed by atoms with van der Waals surface area (Å²) in [5, 5.41) is 4.03. The van der Waals surface area contributed by atoms with Crippen molar-refractivity contribution in [1.82, 2.24) is 10.2 Å². The van der Waals surface area contributed by atoms with Crippen molar-refractivity contribution in [1.29, 1.82) is 0 Å². The average Bonchev–Trinajstić information content (AvgIpc) is 2.87. The van der Waals surface area contributed by atoms with Gasteiger partial charge < -0.3 is 10.2 Å². The van der Waals surface area contributed by atoms with Crippen molar-refractivity contribution in [2.75, 3.05) is 12.3 Å². The third kappa shape index (κ3) is 8.88. The van der Waals surface area contributed by atoms with Crippen LogP contribution in [0.5, 0.6) is 0 Å². The molecule has 2 amide bonds. The first-order valence-electron chi connectivity index (χ1n) is 12.0. The molecule has 1 N–H and O–H groups in total. The summed E-state index contributed by atoms with van der Waals surface area (Å²) in [4.78, 5) is 28.8. The van der Waals surface area contributed by atoms with Crippen LogP contribution in [0.1, 0.15) is 30.5 Å². The lowest BCUT2D eigenvalue weighted by atomic mass is 10.0. The van der Waals surface area contributed by atoms with E-state index < -0.39 is 6.04 Å². The fraction of sp³-hybridized carbons (Fsp3) is 0.310. The van der Waals surface area contributed by atoms with Gasteiger partial charge in [0, 0.05) is 35.3 Å². The number of nitrogens with one attached hydrogen (secondary N) is 1. The van der Waals surface area contributed by atoms with Gasteiger partial charge in [-0.2, -0.15) is 0 Å². The normalized spacial score (nSPS) is 11.8. The molecule has 7 heteroatoms. The first-order valence-corrected chi connectivity index (χ1v) is 13.9. The zero-order chi connectivity index (χ0) is 25.9. The lowest BCUT2D eigenvalue weighted by Gasteiger charge is -2.32. The quantitative estimate of drug-likeness (QED) is 0.279. The monoisotopic (exact) mass is 542 g/mol. The molecule has 0 radical (unpaired) electrons. The summed E-state index contributed by atoms with van der Waals surface area (Å²) >= 11 is 14.1. The fourth-order valence-electron chi connectivity index (χ4n) is 3.72. The van der Waals surface area contributed by atoms with Gasteiger partial charge in [-0.15, -0.1) is 11.8 Å². The number of rotatable bonds is 12. The van der Waals surface area contributed by atoms with Crippen molar-refractivity contribution in [3.63, 3.8) is 0 Å². The Morgan fingerprint density at radius 3 is 2.17 bits per heavy atom. The first kappa shape index (κ1) is 28.1. The summed E-state index contributed by atoms with van der Waals surface area (Å²) < 4.78 is 0. The maximum Gasteiger partial charge on any atom is 0.243 e. The van der Waals surface area contributed by atoms with Gasteiger partial charge in [-0.3, -0.25) is 9.59 Å². The number of nitrogens with zero attached hydrogens (tertiary/aromatic N) is 1. The number of amides is 2. The van der Waals surface area contributed by atoms with Gasteiger partial charge in [0.1, 0.15) is 6.04 Å². The third-order valence-electron chi connectivity index (χ3n) is 5.65. The highest BCUT2D eigenvalue weighted by molar-refractivity contribution is 7.99. The maximum atomic E-state index is 13.6. The van der Waals surface area contributed by atoms with Crippen molar-refractivity contribution in [3.05, 3.63) is 106 Å². The summed E-state index contributed by atoms with van der Waals surface area (Å²) in [5.74, 6) is 0.984. The molecule has 36 heavy (non-hydrogen) atoms. The Hall–Kier alpha value is -2.47. The number of halogens is 2. The molecule has 1 atom stereocenters. The van der Waals surface area contributed by atoms with Gasteiger partial charge in [-0.05, 0) is 34.7 Å². The molecule has 0 fully saturated rings. The molecule has 0 bridgehead atoms. The minimum absolute atomic E-state index is 0.109. The minimum Gasteiger partial charge on any atom is -0.354 e. The molecule has 0 aliphatic carbocycles. The molecular weight excluding hydrogens is 511 g/mol. The summed E-state index contributed by atoms with van der Waals surface area (Å²) in [5.41, 5.74) is 2.88. The number of hydrogen-bond donors (Lipinski definition) is 1. The lowest BCUT2D eigenvalue weighted by Crippen LogP contribution is -2.51. The van der Waals surface area contributed by atoms with E-state index in [1.807, 2.05) is 80.6 Å². The number of hydrogen-bond acceptors (Lipinski definition) is 3. The summed E-state index contributed by atoms with van der Waals surface area (Å²) in [6.07, 6.45) is 0.408. The van der Waals surface area contributed by atoms with Crippen LogP contribution in [0.2, 0.25) is 10.0 Å². The van der Waals surface area contributed by atoms with Crippen LogP contribution in [0.3, 0.4) is 0 Å². The first-order chi connectivity index (χ1) is 17.3. The zero-order valence-corrected chi connectivity index (χ0v) is 23.0. The zero-order valence-electron chi connectivity index (χ0n) is 20.6. The summed E-state index contributed by atoms with van der Waals surface area (Å²) in [6, 6.07) is 24.4. The van der Waals surface area contributed by atoms with Crippen LogP contribution >= 0.6 is 35.0 Å². The molecule has 0 aromatic heterocycles.